The van der Waals surface area contributed by atoms with Gasteiger partial charge in [-0.25, -0.2) is 9.97 Å². The summed E-state index contributed by atoms with van der Waals surface area (Å²) < 4.78 is 5.22. The minimum absolute atomic E-state index is 0.126. The van der Waals surface area contributed by atoms with Crippen molar-refractivity contribution >= 4 is 52.1 Å². The summed E-state index contributed by atoms with van der Waals surface area (Å²) >= 11 is 11.8. The number of benzene rings is 2. The monoisotopic (exact) mass is 448 g/mol. The zero-order valence-electron chi connectivity index (χ0n) is 15.3. The number of rotatable bonds is 7. The Kier molecular flexibility index (Phi) is 6.50. The SMILES string of the molecule is COc1ccc(Cl)cc1Nc1ncnc(NNC(=O)c2ccc(Cl)cc2)c1[N+](=O)[O-]. The Morgan fingerprint density at radius 1 is 1.07 bits per heavy atom. The average molecular weight is 449 g/mol. The maximum Gasteiger partial charge on any atom is 0.355 e. The molecule has 1 aromatic heterocycles. The highest BCUT2D eigenvalue weighted by atomic mass is 35.5. The van der Waals surface area contributed by atoms with Crippen LogP contribution in [0, 0.1) is 10.1 Å². The van der Waals surface area contributed by atoms with Crippen LogP contribution in [0.15, 0.2) is 48.8 Å². The lowest BCUT2D eigenvalue weighted by molar-refractivity contribution is -0.383. The minimum atomic E-state index is -0.684. The number of hydrogen-bond donors (Lipinski definition) is 3. The second-order valence-corrected chi connectivity index (χ2v) is 6.61. The number of carbonyl (C=O) groups is 1. The van der Waals surface area contributed by atoms with Crippen molar-refractivity contribution in [2.24, 2.45) is 0 Å². The molecule has 0 aliphatic rings. The average Bonchev–Trinajstić information content (AvgIpc) is 2.72. The van der Waals surface area contributed by atoms with Gasteiger partial charge in [-0.2, -0.15) is 0 Å². The van der Waals surface area contributed by atoms with Crippen LogP contribution in [-0.4, -0.2) is 27.9 Å². The molecular weight excluding hydrogens is 435 g/mol. The zero-order valence-corrected chi connectivity index (χ0v) is 16.9. The molecule has 10 nitrogen and oxygen atoms in total. The van der Waals surface area contributed by atoms with Crippen molar-refractivity contribution in [1.29, 1.82) is 0 Å². The smallest absolute Gasteiger partial charge is 0.355 e. The summed E-state index contributed by atoms with van der Waals surface area (Å²) in [6, 6.07) is 10.8. The van der Waals surface area contributed by atoms with Crippen LogP contribution in [0.2, 0.25) is 10.0 Å². The number of halogens is 2. The fourth-order valence-electron chi connectivity index (χ4n) is 2.43. The van der Waals surface area contributed by atoms with Gasteiger partial charge in [-0.1, -0.05) is 23.2 Å². The van der Waals surface area contributed by atoms with Crippen LogP contribution in [0.3, 0.4) is 0 Å². The van der Waals surface area contributed by atoms with E-state index in [1.165, 1.54) is 25.3 Å². The van der Waals surface area contributed by atoms with E-state index in [0.29, 0.717) is 27.0 Å². The summed E-state index contributed by atoms with van der Waals surface area (Å²) in [5, 5.41) is 15.3. The van der Waals surface area contributed by atoms with E-state index in [1.807, 2.05) is 0 Å². The molecule has 154 valence electrons. The van der Waals surface area contributed by atoms with E-state index in [9.17, 15) is 14.9 Å². The molecule has 3 N–H and O–H groups in total. The number of carbonyl (C=O) groups excluding carboxylic acids is 1. The highest BCUT2D eigenvalue weighted by Gasteiger charge is 2.24. The number of methoxy groups -OCH3 is 1. The van der Waals surface area contributed by atoms with Gasteiger partial charge in [0, 0.05) is 15.6 Å². The molecule has 3 aromatic rings. The van der Waals surface area contributed by atoms with Gasteiger partial charge in [0.2, 0.25) is 11.6 Å². The Bertz CT molecular complexity index is 1090. The number of nitrogens with zero attached hydrogens (tertiary/aromatic N) is 3. The molecule has 0 saturated heterocycles. The van der Waals surface area contributed by atoms with Gasteiger partial charge >= 0.3 is 5.69 Å². The first-order chi connectivity index (χ1) is 14.4. The molecule has 0 bridgehead atoms. The Hall–Kier alpha value is -3.63. The van der Waals surface area contributed by atoms with Gasteiger partial charge < -0.3 is 10.1 Å². The summed E-state index contributed by atoms with van der Waals surface area (Å²) in [7, 11) is 1.45. The van der Waals surface area contributed by atoms with Crippen LogP contribution >= 0.6 is 23.2 Å². The van der Waals surface area contributed by atoms with E-state index in [2.05, 4.69) is 26.1 Å². The molecule has 2 aromatic carbocycles. The molecule has 0 aliphatic heterocycles. The predicted octanol–water partition coefficient (Wildman–Crippen LogP) is 4.20. The molecular formula is C18H14Cl2N6O4. The van der Waals surface area contributed by atoms with Gasteiger partial charge in [0.15, 0.2) is 0 Å². The zero-order chi connectivity index (χ0) is 21.7. The number of hydrazine groups is 1. The van der Waals surface area contributed by atoms with Gasteiger partial charge in [-0.05, 0) is 42.5 Å². The third-order valence-electron chi connectivity index (χ3n) is 3.82. The molecule has 0 unspecified atom stereocenters. The van der Waals surface area contributed by atoms with E-state index in [1.54, 1.807) is 24.3 Å². The number of anilines is 3. The van der Waals surface area contributed by atoms with E-state index in [-0.39, 0.29) is 11.6 Å². The molecule has 0 spiro atoms. The first-order valence-corrected chi connectivity index (χ1v) is 9.06. The van der Waals surface area contributed by atoms with Gasteiger partial charge in [0.25, 0.3) is 5.91 Å². The molecule has 12 heteroatoms. The molecule has 0 aliphatic carbocycles. The van der Waals surface area contributed by atoms with Gasteiger partial charge in [0.05, 0.1) is 17.7 Å². The molecule has 30 heavy (non-hydrogen) atoms. The van der Waals surface area contributed by atoms with Gasteiger partial charge in [-0.3, -0.25) is 25.8 Å². The van der Waals surface area contributed by atoms with Gasteiger partial charge in [-0.15, -0.1) is 0 Å². The summed E-state index contributed by atoms with van der Waals surface area (Å²) in [5.41, 5.74) is 4.97. The topological polar surface area (TPSA) is 131 Å². The summed E-state index contributed by atoms with van der Waals surface area (Å²) in [5.74, 6) is -0.483. The quantitative estimate of drug-likeness (QED) is 0.361. The first-order valence-electron chi connectivity index (χ1n) is 8.31. The maximum atomic E-state index is 12.2. The minimum Gasteiger partial charge on any atom is -0.495 e. The summed E-state index contributed by atoms with van der Waals surface area (Å²) in [4.78, 5) is 31.0. The van der Waals surface area contributed by atoms with E-state index >= 15 is 0 Å². The van der Waals surface area contributed by atoms with Crippen molar-refractivity contribution in [2.45, 2.75) is 0 Å². The fraction of sp³-hybridized carbons (Fsp3) is 0.0556. The number of hydrogen-bond acceptors (Lipinski definition) is 8. The van der Waals surface area contributed by atoms with Crippen LogP contribution in [0.25, 0.3) is 0 Å². The lowest BCUT2D eigenvalue weighted by Gasteiger charge is -2.13. The normalized spacial score (nSPS) is 10.2. The number of nitro groups is 1. The van der Waals surface area contributed by atoms with Crippen LogP contribution < -0.4 is 20.9 Å². The highest BCUT2D eigenvalue weighted by molar-refractivity contribution is 6.31. The lowest BCUT2D eigenvalue weighted by atomic mass is 10.2. The van der Waals surface area contributed by atoms with Crippen molar-refractivity contribution in [3.8, 4) is 5.75 Å². The Morgan fingerprint density at radius 2 is 1.73 bits per heavy atom. The Morgan fingerprint density at radius 3 is 2.40 bits per heavy atom. The van der Waals surface area contributed by atoms with Crippen LogP contribution in [0.1, 0.15) is 10.4 Å². The maximum absolute atomic E-state index is 12.2. The Balaban J connectivity index is 1.86. The fourth-order valence-corrected chi connectivity index (χ4v) is 2.73. The van der Waals surface area contributed by atoms with Crippen molar-refractivity contribution in [3.63, 3.8) is 0 Å². The van der Waals surface area contributed by atoms with Crippen molar-refractivity contribution in [1.82, 2.24) is 15.4 Å². The van der Waals surface area contributed by atoms with Crippen LogP contribution in [0.5, 0.6) is 5.75 Å². The number of amides is 1. The molecule has 1 amide bonds. The highest BCUT2D eigenvalue weighted by Crippen LogP contribution is 2.35. The van der Waals surface area contributed by atoms with Gasteiger partial charge in [0.1, 0.15) is 12.1 Å². The largest absolute Gasteiger partial charge is 0.495 e. The lowest BCUT2D eigenvalue weighted by Crippen LogP contribution is -2.30. The summed E-state index contributed by atoms with van der Waals surface area (Å²) in [6.45, 7) is 0. The molecule has 0 atom stereocenters. The van der Waals surface area contributed by atoms with Crippen LogP contribution in [-0.2, 0) is 0 Å². The number of ether oxygens (including phenoxy) is 1. The number of nitrogens with one attached hydrogen (secondary N) is 3. The third-order valence-corrected chi connectivity index (χ3v) is 4.31. The first kappa shape index (κ1) is 21.1. The van der Waals surface area contributed by atoms with Crippen molar-refractivity contribution in [3.05, 3.63) is 74.5 Å². The molecule has 0 radical (unpaired) electrons. The third kappa shape index (κ3) is 4.85. The molecule has 0 saturated carbocycles. The molecule has 1 heterocycles. The summed E-state index contributed by atoms with van der Waals surface area (Å²) in [6.07, 6.45) is 1.10. The Labute approximate surface area is 180 Å². The second kappa shape index (κ2) is 9.25. The molecule has 0 fully saturated rings. The second-order valence-electron chi connectivity index (χ2n) is 5.73. The van der Waals surface area contributed by atoms with Crippen molar-refractivity contribution < 1.29 is 14.5 Å². The number of aromatic nitrogens is 2. The van der Waals surface area contributed by atoms with E-state index in [0.717, 1.165) is 6.33 Å². The predicted molar refractivity (Wildman–Crippen MR) is 113 cm³/mol. The van der Waals surface area contributed by atoms with Crippen LogP contribution in [0.4, 0.5) is 23.0 Å². The van der Waals surface area contributed by atoms with E-state index in [4.69, 9.17) is 27.9 Å². The molecule has 3 rings (SSSR count). The van der Waals surface area contributed by atoms with E-state index < -0.39 is 16.5 Å². The standard InChI is InChI=1S/C18H14Cl2N6O4/c1-30-14-7-6-12(20)8-13(14)23-16-15(26(28)29)17(22-9-21-16)24-25-18(27)10-2-4-11(19)5-3-10/h2-9H,1H3,(H,25,27)(H2,21,22,23,24). The van der Waals surface area contributed by atoms with Crippen molar-refractivity contribution in [2.75, 3.05) is 17.9 Å².